The monoisotopic (exact) mass is 202 g/mol. The van der Waals surface area contributed by atoms with Crippen molar-refractivity contribution in [1.29, 1.82) is 0 Å². The summed E-state index contributed by atoms with van der Waals surface area (Å²) in [5, 5.41) is 7.40. The molecule has 78 valence electrons. The molecular formula is C11H14N4. The summed E-state index contributed by atoms with van der Waals surface area (Å²) in [6, 6.07) is 4.07. The van der Waals surface area contributed by atoms with Crippen LogP contribution in [0.3, 0.4) is 0 Å². The minimum absolute atomic E-state index is 0.912. The number of anilines is 1. The van der Waals surface area contributed by atoms with Crippen LogP contribution in [-0.2, 0) is 13.5 Å². The number of rotatable bonds is 4. The molecule has 0 saturated heterocycles. The van der Waals surface area contributed by atoms with E-state index in [4.69, 9.17) is 0 Å². The standard InChI is InChI=1S/C11H14N4/c1-15-9-11(8-14-15)13-7-4-10-2-5-12-6-3-10/h2-3,5-6,8-9,13H,4,7H2,1H3. The van der Waals surface area contributed by atoms with Gasteiger partial charge in [-0.2, -0.15) is 5.10 Å². The summed E-state index contributed by atoms with van der Waals surface area (Å²) in [6.07, 6.45) is 8.43. The number of aromatic nitrogens is 3. The SMILES string of the molecule is Cn1cc(NCCc2ccncc2)cn1. The second-order valence-electron chi connectivity index (χ2n) is 3.43. The van der Waals surface area contributed by atoms with E-state index in [1.54, 1.807) is 4.68 Å². The van der Waals surface area contributed by atoms with Crippen molar-refractivity contribution in [2.75, 3.05) is 11.9 Å². The van der Waals surface area contributed by atoms with Crippen molar-refractivity contribution in [3.63, 3.8) is 0 Å². The normalized spacial score (nSPS) is 10.2. The lowest BCUT2D eigenvalue weighted by atomic mass is 10.2. The maximum Gasteiger partial charge on any atom is 0.0726 e. The zero-order valence-electron chi connectivity index (χ0n) is 8.72. The van der Waals surface area contributed by atoms with Crippen LogP contribution in [0.15, 0.2) is 36.9 Å². The molecule has 0 saturated carbocycles. The van der Waals surface area contributed by atoms with Gasteiger partial charge in [0, 0.05) is 32.2 Å². The molecule has 15 heavy (non-hydrogen) atoms. The molecule has 0 bridgehead atoms. The van der Waals surface area contributed by atoms with E-state index in [-0.39, 0.29) is 0 Å². The van der Waals surface area contributed by atoms with Crippen LogP contribution < -0.4 is 5.32 Å². The van der Waals surface area contributed by atoms with Gasteiger partial charge in [-0.3, -0.25) is 9.67 Å². The van der Waals surface area contributed by atoms with Gasteiger partial charge in [0.1, 0.15) is 0 Å². The Balaban J connectivity index is 1.80. The predicted octanol–water partition coefficient (Wildman–Crippen LogP) is 1.47. The van der Waals surface area contributed by atoms with Crippen LogP contribution >= 0.6 is 0 Å². The van der Waals surface area contributed by atoms with E-state index in [2.05, 4.69) is 15.4 Å². The van der Waals surface area contributed by atoms with Gasteiger partial charge < -0.3 is 5.32 Å². The highest BCUT2D eigenvalue weighted by atomic mass is 15.3. The Morgan fingerprint density at radius 2 is 2.13 bits per heavy atom. The van der Waals surface area contributed by atoms with Crippen LogP contribution in [0.4, 0.5) is 5.69 Å². The molecule has 0 spiro atoms. The molecular weight excluding hydrogens is 188 g/mol. The fraction of sp³-hybridized carbons (Fsp3) is 0.273. The molecule has 0 aliphatic rings. The van der Waals surface area contributed by atoms with Crippen LogP contribution in [0.25, 0.3) is 0 Å². The Morgan fingerprint density at radius 1 is 1.33 bits per heavy atom. The number of hydrogen-bond acceptors (Lipinski definition) is 3. The fourth-order valence-electron chi connectivity index (χ4n) is 1.41. The first-order valence-corrected chi connectivity index (χ1v) is 4.96. The van der Waals surface area contributed by atoms with Crippen molar-refractivity contribution in [2.24, 2.45) is 7.05 Å². The Labute approximate surface area is 89.0 Å². The third-order valence-electron chi connectivity index (χ3n) is 2.20. The predicted molar refractivity (Wildman–Crippen MR) is 59.6 cm³/mol. The summed E-state index contributed by atoms with van der Waals surface area (Å²) < 4.78 is 1.79. The molecule has 0 aromatic carbocycles. The smallest absolute Gasteiger partial charge is 0.0726 e. The average Bonchev–Trinajstić information content (AvgIpc) is 2.66. The first kappa shape index (κ1) is 9.71. The molecule has 2 rings (SSSR count). The van der Waals surface area contributed by atoms with Crippen LogP contribution in [0.5, 0.6) is 0 Å². The van der Waals surface area contributed by atoms with E-state index < -0.39 is 0 Å². The summed E-state index contributed by atoms with van der Waals surface area (Å²) in [5.74, 6) is 0. The summed E-state index contributed by atoms with van der Waals surface area (Å²) in [7, 11) is 1.91. The maximum atomic E-state index is 4.09. The Kier molecular flexibility index (Phi) is 2.97. The summed E-state index contributed by atoms with van der Waals surface area (Å²) in [5.41, 5.74) is 2.35. The van der Waals surface area contributed by atoms with E-state index in [0.29, 0.717) is 0 Å². The fourth-order valence-corrected chi connectivity index (χ4v) is 1.41. The molecule has 2 aromatic rings. The third kappa shape index (κ3) is 2.80. The van der Waals surface area contributed by atoms with Gasteiger partial charge in [0.05, 0.1) is 11.9 Å². The average molecular weight is 202 g/mol. The molecule has 0 aliphatic carbocycles. The van der Waals surface area contributed by atoms with Gasteiger partial charge in [-0.25, -0.2) is 0 Å². The first-order valence-electron chi connectivity index (χ1n) is 4.96. The number of aryl methyl sites for hydroxylation is 1. The zero-order valence-corrected chi connectivity index (χ0v) is 8.72. The van der Waals surface area contributed by atoms with Crippen molar-refractivity contribution in [1.82, 2.24) is 14.8 Å². The second-order valence-corrected chi connectivity index (χ2v) is 3.43. The molecule has 0 atom stereocenters. The van der Waals surface area contributed by atoms with Gasteiger partial charge in [-0.1, -0.05) is 0 Å². The van der Waals surface area contributed by atoms with Crippen molar-refractivity contribution >= 4 is 5.69 Å². The van der Waals surface area contributed by atoms with Gasteiger partial charge >= 0.3 is 0 Å². The first-order chi connectivity index (χ1) is 7.34. The molecule has 0 unspecified atom stereocenters. The van der Waals surface area contributed by atoms with Gasteiger partial charge in [0.2, 0.25) is 0 Å². The molecule has 4 nitrogen and oxygen atoms in total. The minimum Gasteiger partial charge on any atom is -0.382 e. The number of pyridine rings is 1. The number of nitrogens with zero attached hydrogens (tertiary/aromatic N) is 3. The second kappa shape index (κ2) is 4.59. The van der Waals surface area contributed by atoms with Crippen LogP contribution in [0.2, 0.25) is 0 Å². The number of hydrogen-bond donors (Lipinski definition) is 1. The molecule has 4 heteroatoms. The van der Waals surface area contributed by atoms with Crippen LogP contribution in [0.1, 0.15) is 5.56 Å². The van der Waals surface area contributed by atoms with Crippen molar-refractivity contribution < 1.29 is 0 Å². The molecule has 0 amide bonds. The quantitative estimate of drug-likeness (QED) is 0.816. The Hall–Kier alpha value is -1.84. The zero-order chi connectivity index (χ0) is 10.5. The molecule has 0 radical (unpaired) electrons. The van der Waals surface area contributed by atoms with Gasteiger partial charge in [0.25, 0.3) is 0 Å². The van der Waals surface area contributed by atoms with Gasteiger partial charge in [0.15, 0.2) is 0 Å². The largest absolute Gasteiger partial charge is 0.382 e. The summed E-state index contributed by atoms with van der Waals surface area (Å²) >= 11 is 0. The third-order valence-corrected chi connectivity index (χ3v) is 2.20. The highest BCUT2D eigenvalue weighted by Crippen LogP contribution is 2.04. The lowest BCUT2D eigenvalue weighted by molar-refractivity contribution is 0.768. The summed E-state index contributed by atoms with van der Waals surface area (Å²) in [6.45, 7) is 0.912. The Bertz CT molecular complexity index is 408. The van der Waals surface area contributed by atoms with E-state index in [0.717, 1.165) is 18.7 Å². The molecule has 1 N–H and O–H groups in total. The van der Waals surface area contributed by atoms with E-state index >= 15 is 0 Å². The van der Waals surface area contributed by atoms with Crippen LogP contribution in [0, 0.1) is 0 Å². The van der Waals surface area contributed by atoms with Gasteiger partial charge in [-0.05, 0) is 24.1 Å². The highest BCUT2D eigenvalue weighted by Gasteiger charge is 1.95. The van der Waals surface area contributed by atoms with E-state index in [1.807, 2.05) is 44.0 Å². The number of nitrogens with one attached hydrogen (secondary N) is 1. The van der Waals surface area contributed by atoms with E-state index in [1.165, 1.54) is 5.56 Å². The topological polar surface area (TPSA) is 42.7 Å². The molecule has 2 heterocycles. The van der Waals surface area contributed by atoms with Crippen molar-refractivity contribution in [2.45, 2.75) is 6.42 Å². The van der Waals surface area contributed by atoms with Crippen LogP contribution in [-0.4, -0.2) is 21.3 Å². The van der Waals surface area contributed by atoms with Crippen molar-refractivity contribution in [3.8, 4) is 0 Å². The molecule has 0 aliphatic heterocycles. The molecule has 0 fully saturated rings. The maximum absolute atomic E-state index is 4.09. The highest BCUT2D eigenvalue weighted by molar-refractivity contribution is 5.38. The van der Waals surface area contributed by atoms with Gasteiger partial charge in [-0.15, -0.1) is 0 Å². The van der Waals surface area contributed by atoms with Crippen molar-refractivity contribution in [3.05, 3.63) is 42.5 Å². The summed E-state index contributed by atoms with van der Waals surface area (Å²) in [4.78, 5) is 3.98. The van der Waals surface area contributed by atoms with E-state index in [9.17, 15) is 0 Å². The molecule has 2 aromatic heterocycles. The lowest BCUT2D eigenvalue weighted by Crippen LogP contribution is -2.04. The minimum atomic E-state index is 0.912. The Morgan fingerprint density at radius 3 is 2.80 bits per heavy atom. The lowest BCUT2D eigenvalue weighted by Gasteiger charge is -2.02.